The first kappa shape index (κ1) is 11.1. The zero-order valence-electron chi connectivity index (χ0n) is 8.34. The molecule has 4 heteroatoms. The van der Waals surface area contributed by atoms with Crippen molar-refractivity contribution < 1.29 is 4.79 Å². The van der Waals surface area contributed by atoms with Crippen LogP contribution in [-0.4, -0.2) is 17.3 Å². The van der Waals surface area contributed by atoms with Gasteiger partial charge in [-0.15, -0.1) is 0 Å². The number of benzene rings is 1. The van der Waals surface area contributed by atoms with E-state index in [1.807, 2.05) is 30.0 Å². The molecule has 1 aliphatic heterocycles. The first-order chi connectivity index (χ1) is 7.08. The van der Waals surface area contributed by atoms with Crippen molar-refractivity contribution in [3.8, 4) is 0 Å². The second-order valence-electron chi connectivity index (χ2n) is 3.73. The molecule has 1 aromatic rings. The number of nitrogens with zero attached hydrogens (tertiary/aromatic N) is 1. The summed E-state index contributed by atoms with van der Waals surface area (Å²) in [6.07, 6.45) is 0.879. The Morgan fingerprint density at radius 1 is 1.40 bits per heavy atom. The largest absolute Gasteiger partial charge is 0.311 e. The number of rotatable bonds is 1. The lowest BCUT2D eigenvalue weighted by molar-refractivity contribution is -0.116. The minimum absolute atomic E-state index is 0.0169. The maximum absolute atomic E-state index is 11.8. The van der Waals surface area contributed by atoms with Crippen LogP contribution in [0.1, 0.15) is 12.0 Å². The third-order valence-electron chi connectivity index (χ3n) is 2.48. The molecule has 1 saturated heterocycles. The van der Waals surface area contributed by atoms with Crippen LogP contribution in [0.15, 0.2) is 22.7 Å². The van der Waals surface area contributed by atoms with Crippen LogP contribution in [0.3, 0.4) is 0 Å². The Labute approximate surface area is 106 Å². The van der Waals surface area contributed by atoms with E-state index in [4.69, 9.17) is 0 Å². The molecule has 0 spiro atoms. The summed E-state index contributed by atoms with van der Waals surface area (Å²) in [6.45, 7) is 2.82. The van der Waals surface area contributed by atoms with Gasteiger partial charge in [-0.05, 0) is 37.1 Å². The summed E-state index contributed by atoms with van der Waals surface area (Å²) in [7, 11) is 0. The van der Waals surface area contributed by atoms with Crippen molar-refractivity contribution in [2.75, 3.05) is 11.4 Å². The highest BCUT2D eigenvalue weighted by atomic mass is 79.9. The molecule has 15 heavy (non-hydrogen) atoms. The molecule has 0 bridgehead atoms. The van der Waals surface area contributed by atoms with Crippen molar-refractivity contribution in [1.82, 2.24) is 0 Å². The molecule has 2 nitrogen and oxygen atoms in total. The van der Waals surface area contributed by atoms with Gasteiger partial charge in [0.05, 0.1) is 4.83 Å². The number of hydrogen-bond donors (Lipinski definition) is 0. The van der Waals surface area contributed by atoms with Crippen LogP contribution in [0.2, 0.25) is 0 Å². The molecule has 0 radical (unpaired) electrons. The molecular weight excluding hydrogens is 322 g/mol. The molecule has 2 rings (SSSR count). The number of amides is 1. The number of alkyl halides is 1. The SMILES string of the molecule is Cc1cc(Br)cc(N2CCC(Br)C2=O)c1. The summed E-state index contributed by atoms with van der Waals surface area (Å²) in [6, 6.07) is 6.05. The van der Waals surface area contributed by atoms with E-state index < -0.39 is 0 Å². The monoisotopic (exact) mass is 331 g/mol. The van der Waals surface area contributed by atoms with Gasteiger partial charge in [-0.2, -0.15) is 0 Å². The predicted molar refractivity (Wildman–Crippen MR) is 68.6 cm³/mol. The van der Waals surface area contributed by atoms with E-state index in [1.54, 1.807) is 0 Å². The van der Waals surface area contributed by atoms with Gasteiger partial charge in [0.2, 0.25) is 5.91 Å². The molecule has 80 valence electrons. The maximum atomic E-state index is 11.8. The summed E-state index contributed by atoms with van der Waals surface area (Å²) >= 11 is 6.82. The van der Waals surface area contributed by atoms with Crippen LogP contribution >= 0.6 is 31.9 Å². The summed E-state index contributed by atoms with van der Waals surface area (Å²) in [5.41, 5.74) is 2.14. The zero-order valence-corrected chi connectivity index (χ0v) is 11.5. The normalized spacial score (nSPS) is 21.1. The van der Waals surface area contributed by atoms with E-state index in [-0.39, 0.29) is 10.7 Å². The fraction of sp³-hybridized carbons (Fsp3) is 0.364. The van der Waals surface area contributed by atoms with Gasteiger partial charge in [-0.25, -0.2) is 0 Å². The Hall–Kier alpha value is -0.350. The molecule has 1 unspecified atom stereocenters. The molecule has 0 saturated carbocycles. The highest BCUT2D eigenvalue weighted by Crippen LogP contribution is 2.28. The Balaban J connectivity index is 2.34. The van der Waals surface area contributed by atoms with Crippen molar-refractivity contribution in [2.45, 2.75) is 18.2 Å². The van der Waals surface area contributed by atoms with Crippen molar-refractivity contribution in [2.24, 2.45) is 0 Å². The second-order valence-corrected chi connectivity index (χ2v) is 5.75. The zero-order chi connectivity index (χ0) is 11.0. The van der Waals surface area contributed by atoms with E-state index in [2.05, 4.69) is 31.9 Å². The molecule has 1 amide bonds. The summed E-state index contributed by atoms with van der Waals surface area (Å²) in [4.78, 5) is 13.6. The van der Waals surface area contributed by atoms with Crippen LogP contribution in [-0.2, 0) is 4.79 Å². The lowest BCUT2D eigenvalue weighted by atomic mass is 10.2. The number of aryl methyl sites for hydroxylation is 1. The van der Waals surface area contributed by atoms with Gasteiger partial charge in [0.15, 0.2) is 0 Å². The molecule has 1 heterocycles. The number of anilines is 1. The lowest BCUT2D eigenvalue weighted by Crippen LogP contribution is -2.27. The average Bonchev–Trinajstić information content (AvgIpc) is 2.46. The Morgan fingerprint density at radius 2 is 2.13 bits per heavy atom. The standard InChI is InChI=1S/C11H11Br2NO/c1-7-4-8(12)6-9(5-7)14-3-2-10(13)11(14)15/h4-6,10H,2-3H2,1H3. The predicted octanol–water partition coefficient (Wildman–Crippen LogP) is 3.26. The van der Waals surface area contributed by atoms with Crippen LogP contribution in [0.5, 0.6) is 0 Å². The molecule has 1 atom stereocenters. The minimum Gasteiger partial charge on any atom is -0.311 e. The number of hydrogen-bond acceptors (Lipinski definition) is 1. The molecular formula is C11H11Br2NO. The maximum Gasteiger partial charge on any atom is 0.240 e. The average molecular weight is 333 g/mol. The van der Waals surface area contributed by atoms with Crippen molar-refractivity contribution in [3.05, 3.63) is 28.2 Å². The molecule has 0 aromatic heterocycles. The second kappa shape index (κ2) is 4.26. The Kier molecular flexibility index (Phi) is 3.16. The first-order valence-corrected chi connectivity index (χ1v) is 6.51. The fourth-order valence-corrected chi connectivity index (χ4v) is 2.82. The number of carbonyl (C=O) groups excluding carboxylic acids is 1. The molecule has 1 aliphatic rings. The van der Waals surface area contributed by atoms with Crippen LogP contribution < -0.4 is 4.90 Å². The highest BCUT2D eigenvalue weighted by Gasteiger charge is 2.30. The topological polar surface area (TPSA) is 20.3 Å². The third kappa shape index (κ3) is 2.26. The van der Waals surface area contributed by atoms with E-state index >= 15 is 0 Å². The van der Waals surface area contributed by atoms with Crippen molar-refractivity contribution in [1.29, 1.82) is 0 Å². The van der Waals surface area contributed by atoms with Crippen LogP contribution in [0.4, 0.5) is 5.69 Å². The Bertz CT molecular complexity index is 385. The smallest absolute Gasteiger partial charge is 0.240 e. The van der Waals surface area contributed by atoms with Crippen molar-refractivity contribution in [3.63, 3.8) is 0 Å². The van der Waals surface area contributed by atoms with Gasteiger partial charge in [0, 0.05) is 16.7 Å². The first-order valence-electron chi connectivity index (χ1n) is 4.80. The summed E-state index contributed by atoms with van der Waals surface area (Å²) < 4.78 is 1.02. The van der Waals surface area contributed by atoms with Gasteiger partial charge < -0.3 is 4.90 Å². The quantitative estimate of drug-likeness (QED) is 0.723. The number of carbonyl (C=O) groups is 1. The van der Waals surface area contributed by atoms with Crippen LogP contribution in [0.25, 0.3) is 0 Å². The lowest BCUT2D eigenvalue weighted by Gasteiger charge is -2.16. The van der Waals surface area contributed by atoms with Gasteiger partial charge in [-0.3, -0.25) is 4.79 Å². The van der Waals surface area contributed by atoms with Gasteiger partial charge >= 0.3 is 0 Å². The Morgan fingerprint density at radius 3 is 2.67 bits per heavy atom. The van der Waals surface area contributed by atoms with Crippen LogP contribution in [0, 0.1) is 6.92 Å². The van der Waals surface area contributed by atoms with E-state index in [0.717, 1.165) is 28.7 Å². The van der Waals surface area contributed by atoms with Gasteiger partial charge in [0.1, 0.15) is 0 Å². The van der Waals surface area contributed by atoms with E-state index in [0.29, 0.717) is 0 Å². The fourth-order valence-electron chi connectivity index (χ4n) is 1.77. The summed E-state index contributed by atoms with van der Waals surface area (Å²) in [5.74, 6) is 0.160. The summed E-state index contributed by atoms with van der Waals surface area (Å²) in [5, 5.41) is 0. The number of halogens is 2. The highest BCUT2D eigenvalue weighted by molar-refractivity contribution is 9.10. The van der Waals surface area contributed by atoms with Crippen molar-refractivity contribution >= 4 is 43.5 Å². The minimum atomic E-state index is -0.0169. The molecule has 1 aromatic carbocycles. The van der Waals surface area contributed by atoms with E-state index in [9.17, 15) is 4.79 Å². The van der Waals surface area contributed by atoms with E-state index in [1.165, 1.54) is 0 Å². The third-order valence-corrected chi connectivity index (χ3v) is 3.79. The van der Waals surface area contributed by atoms with Gasteiger partial charge in [0.25, 0.3) is 0 Å². The van der Waals surface area contributed by atoms with Gasteiger partial charge in [-0.1, -0.05) is 31.9 Å². The molecule has 0 aliphatic carbocycles. The molecule has 0 N–H and O–H groups in total. The molecule has 1 fully saturated rings.